The molecule has 0 spiro atoms. The second-order valence-corrected chi connectivity index (χ2v) is 5.06. The number of nitrogens with one attached hydrogen (secondary N) is 2. The molecule has 0 heterocycles. The Labute approximate surface area is 141 Å². The third-order valence-electron chi connectivity index (χ3n) is 3.29. The quantitative estimate of drug-likeness (QED) is 0.832. The lowest BCUT2D eigenvalue weighted by molar-refractivity contribution is -0.137. The van der Waals surface area contributed by atoms with Gasteiger partial charge in [0.1, 0.15) is 5.75 Å². The molecule has 0 saturated heterocycles. The van der Waals surface area contributed by atoms with Crippen molar-refractivity contribution < 1.29 is 27.5 Å². The van der Waals surface area contributed by atoms with Gasteiger partial charge in [-0.2, -0.15) is 13.2 Å². The van der Waals surface area contributed by atoms with Crippen LogP contribution in [0.2, 0.25) is 0 Å². The molecule has 0 saturated carbocycles. The molecule has 0 unspecified atom stereocenters. The lowest BCUT2D eigenvalue weighted by Gasteiger charge is -2.09. The lowest BCUT2D eigenvalue weighted by atomic mass is 10.2. The maximum atomic E-state index is 12.5. The molecular weight excluding hydrogens is 337 g/mol. The summed E-state index contributed by atoms with van der Waals surface area (Å²) in [5.74, 6) is -1.20. The summed E-state index contributed by atoms with van der Waals surface area (Å²) in [6.45, 7) is 0.128. The first kappa shape index (κ1) is 18.3. The molecule has 0 aromatic heterocycles. The van der Waals surface area contributed by atoms with Crippen LogP contribution in [0, 0.1) is 0 Å². The molecule has 0 bridgehead atoms. The molecule has 2 aromatic rings. The predicted molar refractivity (Wildman–Crippen MR) is 84.9 cm³/mol. The first-order valence-corrected chi connectivity index (χ1v) is 7.19. The Hall–Kier alpha value is -3.03. The highest BCUT2D eigenvalue weighted by molar-refractivity contribution is 6.39. The van der Waals surface area contributed by atoms with Crippen LogP contribution in [0.15, 0.2) is 48.5 Å². The number of amides is 2. The maximum absolute atomic E-state index is 12.5. The van der Waals surface area contributed by atoms with Crippen molar-refractivity contribution in [3.05, 3.63) is 59.7 Å². The highest BCUT2D eigenvalue weighted by Gasteiger charge is 2.30. The average molecular weight is 352 g/mol. The third kappa shape index (κ3) is 5.23. The van der Waals surface area contributed by atoms with Gasteiger partial charge < -0.3 is 15.4 Å². The van der Waals surface area contributed by atoms with E-state index in [1.807, 2.05) is 0 Å². The van der Waals surface area contributed by atoms with E-state index in [0.717, 1.165) is 29.8 Å². The van der Waals surface area contributed by atoms with Gasteiger partial charge in [0, 0.05) is 12.2 Å². The predicted octanol–water partition coefficient (Wildman–Crippen LogP) is 2.97. The monoisotopic (exact) mass is 352 g/mol. The Morgan fingerprint density at radius 2 is 1.56 bits per heavy atom. The number of hydrogen-bond donors (Lipinski definition) is 2. The number of hydrogen-bond acceptors (Lipinski definition) is 3. The van der Waals surface area contributed by atoms with E-state index in [1.54, 1.807) is 24.3 Å². The number of rotatable bonds is 4. The molecular formula is C17H15F3N2O3. The van der Waals surface area contributed by atoms with Crippen molar-refractivity contribution in [2.24, 2.45) is 0 Å². The molecule has 132 valence electrons. The largest absolute Gasteiger partial charge is 0.497 e. The van der Waals surface area contributed by atoms with Gasteiger partial charge in [-0.1, -0.05) is 12.1 Å². The molecule has 2 rings (SSSR count). The van der Waals surface area contributed by atoms with Crippen molar-refractivity contribution in [2.45, 2.75) is 12.7 Å². The summed E-state index contributed by atoms with van der Waals surface area (Å²) in [6.07, 6.45) is -4.46. The fourth-order valence-corrected chi connectivity index (χ4v) is 1.94. The minimum absolute atomic E-state index is 0.0950. The van der Waals surface area contributed by atoms with E-state index in [0.29, 0.717) is 5.75 Å². The number of carbonyl (C=O) groups is 2. The summed E-state index contributed by atoms with van der Waals surface area (Å²) in [6, 6.07) is 10.7. The Morgan fingerprint density at radius 3 is 2.08 bits per heavy atom. The summed E-state index contributed by atoms with van der Waals surface area (Å²) < 4.78 is 42.4. The van der Waals surface area contributed by atoms with E-state index in [2.05, 4.69) is 10.6 Å². The number of methoxy groups -OCH3 is 1. The van der Waals surface area contributed by atoms with Crippen LogP contribution in [0.3, 0.4) is 0 Å². The zero-order valence-electron chi connectivity index (χ0n) is 13.2. The van der Waals surface area contributed by atoms with Crippen LogP contribution in [0.25, 0.3) is 0 Å². The topological polar surface area (TPSA) is 67.4 Å². The first-order valence-electron chi connectivity index (χ1n) is 7.19. The molecule has 2 aromatic carbocycles. The van der Waals surface area contributed by atoms with Crippen LogP contribution in [0.4, 0.5) is 18.9 Å². The zero-order valence-corrected chi connectivity index (χ0v) is 13.2. The number of alkyl halides is 3. The Bertz CT molecular complexity index is 741. The minimum Gasteiger partial charge on any atom is -0.497 e. The first-order chi connectivity index (χ1) is 11.8. The highest BCUT2D eigenvalue weighted by Crippen LogP contribution is 2.29. The van der Waals surface area contributed by atoms with E-state index in [4.69, 9.17) is 4.74 Å². The summed E-state index contributed by atoms with van der Waals surface area (Å²) >= 11 is 0. The van der Waals surface area contributed by atoms with Crippen molar-refractivity contribution >= 4 is 17.5 Å². The van der Waals surface area contributed by atoms with Crippen molar-refractivity contribution in [3.63, 3.8) is 0 Å². The molecule has 25 heavy (non-hydrogen) atoms. The van der Waals surface area contributed by atoms with Crippen LogP contribution >= 0.6 is 0 Å². The maximum Gasteiger partial charge on any atom is 0.416 e. The molecule has 0 aliphatic rings. The summed E-state index contributed by atoms with van der Waals surface area (Å²) in [4.78, 5) is 23.5. The van der Waals surface area contributed by atoms with Crippen LogP contribution in [0.1, 0.15) is 11.1 Å². The molecule has 2 amide bonds. The molecule has 2 N–H and O–H groups in total. The van der Waals surface area contributed by atoms with Crippen molar-refractivity contribution in [3.8, 4) is 5.75 Å². The normalized spacial score (nSPS) is 10.9. The fraction of sp³-hybridized carbons (Fsp3) is 0.176. The second-order valence-electron chi connectivity index (χ2n) is 5.06. The van der Waals surface area contributed by atoms with E-state index < -0.39 is 23.6 Å². The molecule has 5 nitrogen and oxygen atoms in total. The van der Waals surface area contributed by atoms with Gasteiger partial charge in [0.15, 0.2) is 0 Å². The van der Waals surface area contributed by atoms with Crippen LogP contribution in [-0.4, -0.2) is 18.9 Å². The number of ether oxygens (including phenoxy) is 1. The smallest absolute Gasteiger partial charge is 0.416 e. The number of halogens is 3. The SMILES string of the molecule is COc1ccc(CNC(=O)C(=O)Nc2ccc(C(F)(F)F)cc2)cc1. The Kier molecular flexibility index (Phi) is 5.63. The van der Waals surface area contributed by atoms with Gasteiger partial charge in [-0.05, 0) is 42.0 Å². The van der Waals surface area contributed by atoms with Crippen molar-refractivity contribution in [2.75, 3.05) is 12.4 Å². The summed E-state index contributed by atoms with van der Waals surface area (Å²) in [5.41, 5.74) is 0.0172. The standard InChI is InChI=1S/C17H15F3N2O3/c1-25-14-8-2-11(3-9-14)10-21-15(23)16(24)22-13-6-4-12(5-7-13)17(18,19)20/h2-9H,10H2,1H3,(H,21,23)(H,22,24). The third-order valence-corrected chi connectivity index (χ3v) is 3.29. The van der Waals surface area contributed by atoms with Gasteiger partial charge in [-0.3, -0.25) is 9.59 Å². The van der Waals surface area contributed by atoms with Gasteiger partial charge in [0.25, 0.3) is 0 Å². The minimum atomic E-state index is -4.46. The number of anilines is 1. The van der Waals surface area contributed by atoms with E-state index in [-0.39, 0.29) is 12.2 Å². The number of benzene rings is 2. The van der Waals surface area contributed by atoms with E-state index in [1.165, 1.54) is 7.11 Å². The van der Waals surface area contributed by atoms with Gasteiger partial charge in [-0.15, -0.1) is 0 Å². The number of carbonyl (C=O) groups excluding carboxylic acids is 2. The second kappa shape index (κ2) is 7.69. The summed E-state index contributed by atoms with van der Waals surface area (Å²) in [5, 5.41) is 4.66. The van der Waals surface area contributed by atoms with Crippen LogP contribution < -0.4 is 15.4 Å². The van der Waals surface area contributed by atoms with Gasteiger partial charge in [-0.25, -0.2) is 0 Å². The Morgan fingerprint density at radius 1 is 0.960 bits per heavy atom. The summed E-state index contributed by atoms with van der Waals surface area (Å²) in [7, 11) is 1.53. The zero-order chi connectivity index (χ0) is 18.4. The van der Waals surface area contributed by atoms with Gasteiger partial charge in [0.05, 0.1) is 12.7 Å². The van der Waals surface area contributed by atoms with E-state index >= 15 is 0 Å². The van der Waals surface area contributed by atoms with Gasteiger partial charge in [0.2, 0.25) is 0 Å². The molecule has 8 heteroatoms. The van der Waals surface area contributed by atoms with Crippen LogP contribution in [-0.2, 0) is 22.3 Å². The molecule has 0 atom stereocenters. The Balaban J connectivity index is 1.88. The highest BCUT2D eigenvalue weighted by atomic mass is 19.4. The van der Waals surface area contributed by atoms with Crippen molar-refractivity contribution in [1.29, 1.82) is 0 Å². The molecule has 0 aliphatic heterocycles. The fourth-order valence-electron chi connectivity index (χ4n) is 1.94. The van der Waals surface area contributed by atoms with Crippen molar-refractivity contribution in [1.82, 2.24) is 5.32 Å². The molecule has 0 aliphatic carbocycles. The van der Waals surface area contributed by atoms with Crippen LogP contribution in [0.5, 0.6) is 5.75 Å². The molecule has 0 radical (unpaired) electrons. The average Bonchev–Trinajstić information content (AvgIpc) is 2.59. The lowest BCUT2D eigenvalue weighted by Crippen LogP contribution is -2.34. The van der Waals surface area contributed by atoms with Gasteiger partial charge >= 0.3 is 18.0 Å². The van der Waals surface area contributed by atoms with E-state index in [9.17, 15) is 22.8 Å². The molecule has 0 fully saturated rings.